The molecule has 0 aromatic carbocycles. The lowest BCUT2D eigenvalue weighted by atomic mass is 9.90. The van der Waals surface area contributed by atoms with E-state index in [1.807, 2.05) is 13.8 Å². The third kappa shape index (κ3) is 4.10. The number of hydrogen-bond acceptors (Lipinski definition) is 4. The number of nitrogens with zero attached hydrogens (tertiary/aromatic N) is 2. The van der Waals surface area contributed by atoms with E-state index in [0.717, 1.165) is 6.42 Å². The Hall–Kier alpha value is -0.920. The van der Waals surface area contributed by atoms with E-state index < -0.39 is 10.0 Å². The maximum absolute atomic E-state index is 11.9. The highest BCUT2D eigenvalue weighted by Gasteiger charge is 2.22. The molecule has 0 aliphatic heterocycles. The standard InChI is InChI=1S/C10H20N4O2S/c1-10(2,4-5-11)8-13-17(15,16)9-6-12-14(3)7-9/h6-7,13H,4-5,8,11H2,1-3H3. The summed E-state index contributed by atoms with van der Waals surface area (Å²) < 4.78 is 27.8. The predicted molar refractivity (Wildman–Crippen MR) is 65.8 cm³/mol. The molecule has 0 spiro atoms. The van der Waals surface area contributed by atoms with Gasteiger partial charge >= 0.3 is 0 Å². The fourth-order valence-electron chi connectivity index (χ4n) is 1.39. The molecule has 0 amide bonds. The number of hydrogen-bond donors (Lipinski definition) is 2. The zero-order valence-corrected chi connectivity index (χ0v) is 11.3. The van der Waals surface area contributed by atoms with Crippen molar-refractivity contribution in [2.24, 2.45) is 18.2 Å². The lowest BCUT2D eigenvalue weighted by molar-refractivity contribution is 0.340. The Morgan fingerprint density at radius 1 is 1.53 bits per heavy atom. The van der Waals surface area contributed by atoms with Gasteiger partial charge in [-0.15, -0.1) is 0 Å². The van der Waals surface area contributed by atoms with E-state index in [4.69, 9.17) is 5.73 Å². The van der Waals surface area contributed by atoms with Crippen molar-refractivity contribution in [1.29, 1.82) is 0 Å². The molecule has 0 fully saturated rings. The summed E-state index contributed by atoms with van der Waals surface area (Å²) in [5.41, 5.74) is 5.33. The van der Waals surface area contributed by atoms with Crippen molar-refractivity contribution in [1.82, 2.24) is 14.5 Å². The van der Waals surface area contributed by atoms with Crippen LogP contribution in [0.1, 0.15) is 20.3 Å². The number of rotatable bonds is 6. The normalized spacial score (nSPS) is 12.9. The summed E-state index contributed by atoms with van der Waals surface area (Å²) in [6.45, 7) is 4.86. The smallest absolute Gasteiger partial charge is 0.243 e. The van der Waals surface area contributed by atoms with Gasteiger partial charge in [0.05, 0.1) is 6.20 Å². The Bertz CT molecular complexity index is 464. The summed E-state index contributed by atoms with van der Waals surface area (Å²) in [6, 6.07) is 0. The van der Waals surface area contributed by atoms with Crippen LogP contribution in [0.2, 0.25) is 0 Å². The maximum Gasteiger partial charge on any atom is 0.243 e. The first-order chi connectivity index (χ1) is 7.77. The van der Waals surface area contributed by atoms with Crippen molar-refractivity contribution in [3.05, 3.63) is 12.4 Å². The summed E-state index contributed by atoms with van der Waals surface area (Å²) in [5, 5.41) is 3.84. The van der Waals surface area contributed by atoms with Gasteiger partial charge < -0.3 is 5.73 Å². The van der Waals surface area contributed by atoms with Crippen molar-refractivity contribution in [3.63, 3.8) is 0 Å². The van der Waals surface area contributed by atoms with Crippen LogP contribution >= 0.6 is 0 Å². The quantitative estimate of drug-likeness (QED) is 0.757. The molecule has 1 heterocycles. The van der Waals surface area contributed by atoms with Crippen LogP contribution in [0.25, 0.3) is 0 Å². The highest BCUT2D eigenvalue weighted by Crippen LogP contribution is 2.19. The number of nitrogens with two attached hydrogens (primary N) is 1. The molecular formula is C10H20N4O2S. The van der Waals surface area contributed by atoms with E-state index in [0.29, 0.717) is 13.1 Å². The first kappa shape index (κ1) is 14.1. The Labute approximate surface area is 102 Å². The minimum Gasteiger partial charge on any atom is -0.330 e. The molecule has 0 radical (unpaired) electrons. The molecule has 1 rings (SSSR count). The van der Waals surface area contributed by atoms with Crippen LogP contribution in [0.5, 0.6) is 0 Å². The molecule has 1 aromatic rings. The van der Waals surface area contributed by atoms with E-state index in [9.17, 15) is 8.42 Å². The Morgan fingerprint density at radius 3 is 2.65 bits per heavy atom. The summed E-state index contributed by atoms with van der Waals surface area (Å²) in [6.07, 6.45) is 3.57. The molecule has 0 unspecified atom stereocenters. The van der Waals surface area contributed by atoms with E-state index in [1.54, 1.807) is 7.05 Å². The van der Waals surface area contributed by atoms with E-state index in [2.05, 4.69) is 9.82 Å². The van der Waals surface area contributed by atoms with Gasteiger partial charge in [-0.1, -0.05) is 13.8 Å². The summed E-state index contributed by atoms with van der Waals surface area (Å²) in [7, 11) is -1.79. The zero-order chi connectivity index (χ0) is 13.1. The summed E-state index contributed by atoms with van der Waals surface area (Å²) >= 11 is 0. The monoisotopic (exact) mass is 260 g/mol. The molecule has 0 atom stereocenters. The van der Waals surface area contributed by atoms with Crippen LogP contribution in [0.4, 0.5) is 0 Å². The second-order valence-corrected chi connectivity index (χ2v) is 6.64. The van der Waals surface area contributed by atoms with Gasteiger partial charge in [-0.3, -0.25) is 4.68 Å². The molecule has 98 valence electrons. The van der Waals surface area contributed by atoms with Crippen molar-refractivity contribution in [2.75, 3.05) is 13.1 Å². The minimum absolute atomic E-state index is 0.149. The predicted octanol–water partition coefficient (Wildman–Crippen LogP) is 0.0734. The molecule has 7 heteroatoms. The molecule has 0 aliphatic rings. The number of nitrogens with one attached hydrogen (secondary N) is 1. The summed E-state index contributed by atoms with van der Waals surface area (Å²) in [4.78, 5) is 0.184. The van der Waals surface area contributed by atoms with Crippen molar-refractivity contribution >= 4 is 10.0 Å². The fourth-order valence-corrected chi connectivity index (χ4v) is 2.62. The number of aromatic nitrogens is 2. The average Bonchev–Trinajstić information content (AvgIpc) is 2.63. The van der Waals surface area contributed by atoms with E-state index in [-0.39, 0.29) is 10.3 Å². The first-order valence-corrected chi connectivity index (χ1v) is 6.93. The third-order valence-electron chi connectivity index (χ3n) is 2.55. The second-order valence-electron chi connectivity index (χ2n) is 4.88. The van der Waals surface area contributed by atoms with Gasteiger partial charge in [-0.2, -0.15) is 5.10 Å². The van der Waals surface area contributed by atoms with Gasteiger partial charge in [0.1, 0.15) is 4.90 Å². The lowest BCUT2D eigenvalue weighted by Crippen LogP contribution is -2.35. The minimum atomic E-state index is -3.47. The van der Waals surface area contributed by atoms with Crippen LogP contribution in [0.3, 0.4) is 0 Å². The Morgan fingerprint density at radius 2 is 2.18 bits per heavy atom. The van der Waals surface area contributed by atoms with Gasteiger partial charge in [-0.05, 0) is 18.4 Å². The number of sulfonamides is 1. The topological polar surface area (TPSA) is 90.0 Å². The van der Waals surface area contributed by atoms with E-state index in [1.165, 1.54) is 17.1 Å². The second kappa shape index (κ2) is 5.16. The Kier molecular flexibility index (Phi) is 4.29. The van der Waals surface area contributed by atoms with Crippen LogP contribution < -0.4 is 10.5 Å². The molecule has 1 aromatic heterocycles. The first-order valence-electron chi connectivity index (χ1n) is 5.45. The molecule has 0 bridgehead atoms. The van der Waals surface area contributed by atoms with Gasteiger partial charge in [-0.25, -0.2) is 13.1 Å². The zero-order valence-electron chi connectivity index (χ0n) is 10.5. The van der Waals surface area contributed by atoms with E-state index >= 15 is 0 Å². The lowest BCUT2D eigenvalue weighted by Gasteiger charge is -2.23. The maximum atomic E-state index is 11.9. The molecule has 0 saturated carbocycles. The highest BCUT2D eigenvalue weighted by molar-refractivity contribution is 7.89. The van der Waals surface area contributed by atoms with Crippen molar-refractivity contribution in [2.45, 2.75) is 25.2 Å². The van der Waals surface area contributed by atoms with Gasteiger partial charge in [0.15, 0.2) is 0 Å². The SMILES string of the molecule is Cn1cc(S(=O)(=O)NCC(C)(C)CCN)cn1. The van der Waals surface area contributed by atoms with Crippen LogP contribution in [0, 0.1) is 5.41 Å². The molecule has 6 nitrogen and oxygen atoms in total. The van der Waals surface area contributed by atoms with Crippen molar-refractivity contribution in [3.8, 4) is 0 Å². The third-order valence-corrected chi connectivity index (χ3v) is 3.91. The Balaban J connectivity index is 2.69. The van der Waals surface area contributed by atoms with Crippen LogP contribution in [-0.2, 0) is 17.1 Å². The highest BCUT2D eigenvalue weighted by atomic mass is 32.2. The molecule has 17 heavy (non-hydrogen) atoms. The summed E-state index contributed by atoms with van der Waals surface area (Å²) in [5.74, 6) is 0. The molecule has 0 aliphatic carbocycles. The van der Waals surface area contributed by atoms with Gasteiger partial charge in [0.25, 0.3) is 0 Å². The van der Waals surface area contributed by atoms with Gasteiger partial charge in [0, 0.05) is 19.8 Å². The van der Waals surface area contributed by atoms with Gasteiger partial charge in [0.2, 0.25) is 10.0 Å². The molecule has 3 N–H and O–H groups in total. The largest absolute Gasteiger partial charge is 0.330 e. The average molecular weight is 260 g/mol. The molecule has 0 saturated heterocycles. The fraction of sp³-hybridized carbons (Fsp3) is 0.700. The molecular weight excluding hydrogens is 240 g/mol. The van der Waals surface area contributed by atoms with Crippen LogP contribution in [-0.4, -0.2) is 31.3 Å². The van der Waals surface area contributed by atoms with Crippen molar-refractivity contribution < 1.29 is 8.42 Å². The van der Waals surface area contributed by atoms with Crippen LogP contribution in [0.15, 0.2) is 17.3 Å². The number of aryl methyl sites for hydroxylation is 1.